The molecule has 1 heterocycles. The van der Waals surface area contributed by atoms with E-state index in [0.29, 0.717) is 19.1 Å². The Morgan fingerprint density at radius 2 is 2.31 bits per heavy atom. The molecule has 0 aromatic rings. The second-order valence-electron chi connectivity index (χ2n) is 3.82. The Morgan fingerprint density at radius 3 is 2.69 bits per heavy atom. The zero-order valence-electron chi connectivity index (χ0n) is 8.58. The summed E-state index contributed by atoms with van der Waals surface area (Å²) in [6.45, 7) is 5.24. The zero-order chi connectivity index (χ0) is 9.90. The van der Waals surface area contributed by atoms with Gasteiger partial charge in [0.05, 0.1) is 12.7 Å². The van der Waals surface area contributed by atoms with Crippen LogP contribution in [0, 0.1) is 5.92 Å². The van der Waals surface area contributed by atoms with Gasteiger partial charge in [0.1, 0.15) is 0 Å². The van der Waals surface area contributed by atoms with E-state index in [1.165, 1.54) is 0 Å². The van der Waals surface area contributed by atoms with E-state index in [-0.39, 0.29) is 6.10 Å². The van der Waals surface area contributed by atoms with Crippen LogP contribution in [0.1, 0.15) is 13.8 Å². The molecule has 0 unspecified atom stereocenters. The number of hydrogen-bond donors (Lipinski definition) is 1. The van der Waals surface area contributed by atoms with E-state index in [4.69, 9.17) is 15.2 Å². The normalized spacial score (nSPS) is 29.1. The minimum atomic E-state index is -0.420. The van der Waals surface area contributed by atoms with Crippen molar-refractivity contribution in [2.45, 2.75) is 25.7 Å². The minimum Gasteiger partial charge on any atom is -0.348 e. The first-order valence-electron chi connectivity index (χ1n) is 4.60. The molecule has 0 aromatic carbocycles. The van der Waals surface area contributed by atoms with Crippen molar-refractivity contribution in [3.63, 3.8) is 0 Å². The fourth-order valence-electron chi connectivity index (χ4n) is 1.49. The predicted octanol–water partition coefficient (Wildman–Crippen LogP) is 1.08. The highest BCUT2D eigenvalue weighted by molar-refractivity contribution is 7.98. The lowest BCUT2D eigenvalue weighted by atomic mass is 10.1. The molecule has 0 aliphatic carbocycles. The Morgan fingerprint density at radius 1 is 1.62 bits per heavy atom. The predicted molar refractivity (Wildman–Crippen MR) is 55.8 cm³/mol. The fraction of sp³-hybridized carbons (Fsp3) is 1.00. The van der Waals surface area contributed by atoms with Crippen molar-refractivity contribution in [3.8, 4) is 0 Å². The molecule has 1 aliphatic heterocycles. The van der Waals surface area contributed by atoms with Crippen molar-refractivity contribution >= 4 is 11.8 Å². The Kier molecular flexibility index (Phi) is 4.04. The summed E-state index contributed by atoms with van der Waals surface area (Å²) in [7, 11) is 0. The number of nitrogens with two attached hydrogens (primary N) is 1. The maximum Gasteiger partial charge on any atom is 0.163 e. The summed E-state index contributed by atoms with van der Waals surface area (Å²) in [6, 6.07) is 0. The third-order valence-electron chi connectivity index (χ3n) is 2.24. The molecule has 1 fully saturated rings. The second kappa shape index (κ2) is 4.64. The maximum absolute atomic E-state index is 5.74. The van der Waals surface area contributed by atoms with Gasteiger partial charge in [-0.05, 0) is 32.4 Å². The summed E-state index contributed by atoms with van der Waals surface area (Å²) < 4.78 is 11.2. The van der Waals surface area contributed by atoms with Gasteiger partial charge in [-0.3, -0.25) is 0 Å². The average molecular weight is 205 g/mol. The van der Waals surface area contributed by atoms with Gasteiger partial charge in [0.15, 0.2) is 5.79 Å². The lowest BCUT2D eigenvalue weighted by molar-refractivity contribution is -0.143. The van der Waals surface area contributed by atoms with Crippen LogP contribution in [-0.2, 0) is 9.47 Å². The SMILES string of the molecule is CSC[C@@H](CN)[C@H]1COC(C)(C)O1. The van der Waals surface area contributed by atoms with E-state index in [1.54, 1.807) is 11.8 Å². The summed E-state index contributed by atoms with van der Waals surface area (Å²) in [5.41, 5.74) is 5.68. The van der Waals surface area contributed by atoms with Gasteiger partial charge < -0.3 is 15.2 Å². The van der Waals surface area contributed by atoms with E-state index in [2.05, 4.69) is 6.26 Å². The van der Waals surface area contributed by atoms with Crippen LogP contribution in [0.25, 0.3) is 0 Å². The highest BCUT2D eigenvalue weighted by Gasteiger charge is 2.36. The molecule has 1 rings (SSSR count). The molecule has 0 spiro atoms. The Balaban J connectivity index is 2.43. The third kappa shape index (κ3) is 3.13. The first-order valence-corrected chi connectivity index (χ1v) is 5.99. The van der Waals surface area contributed by atoms with E-state index in [0.717, 1.165) is 5.75 Å². The van der Waals surface area contributed by atoms with Gasteiger partial charge in [0, 0.05) is 5.92 Å². The molecule has 0 aromatic heterocycles. The summed E-state index contributed by atoms with van der Waals surface area (Å²) >= 11 is 1.81. The van der Waals surface area contributed by atoms with Crippen LogP contribution in [0.5, 0.6) is 0 Å². The lowest BCUT2D eigenvalue weighted by Gasteiger charge is -2.22. The molecule has 0 radical (unpaired) electrons. The smallest absolute Gasteiger partial charge is 0.163 e. The highest BCUT2D eigenvalue weighted by atomic mass is 32.2. The first kappa shape index (κ1) is 11.3. The molecule has 78 valence electrons. The average Bonchev–Trinajstić information content (AvgIpc) is 2.42. The number of hydrogen-bond acceptors (Lipinski definition) is 4. The van der Waals surface area contributed by atoms with E-state index in [9.17, 15) is 0 Å². The van der Waals surface area contributed by atoms with Crippen molar-refractivity contribution in [2.24, 2.45) is 11.7 Å². The van der Waals surface area contributed by atoms with Gasteiger partial charge in [0.2, 0.25) is 0 Å². The molecule has 2 atom stereocenters. The van der Waals surface area contributed by atoms with Gasteiger partial charge >= 0.3 is 0 Å². The molecule has 2 N–H and O–H groups in total. The van der Waals surface area contributed by atoms with Crippen molar-refractivity contribution in [1.29, 1.82) is 0 Å². The zero-order valence-corrected chi connectivity index (χ0v) is 9.39. The number of thioether (sulfide) groups is 1. The highest BCUT2D eigenvalue weighted by Crippen LogP contribution is 2.27. The molecular formula is C9H19NO2S. The summed E-state index contributed by atoms with van der Waals surface area (Å²) in [5.74, 6) is 1.04. The van der Waals surface area contributed by atoms with Gasteiger partial charge in [0.25, 0.3) is 0 Å². The topological polar surface area (TPSA) is 44.5 Å². The van der Waals surface area contributed by atoms with Crippen LogP contribution < -0.4 is 5.73 Å². The Hall–Kier alpha value is 0.230. The molecular weight excluding hydrogens is 186 g/mol. The molecule has 1 aliphatic rings. The third-order valence-corrected chi connectivity index (χ3v) is 3.00. The van der Waals surface area contributed by atoms with Crippen molar-refractivity contribution in [2.75, 3.05) is 25.2 Å². The molecule has 13 heavy (non-hydrogen) atoms. The summed E-state index contributed by atoms with van der Waals surface area (Å²) in [5, 5.41) is 0. The van der Waals surface area contributed by atoms with Crippen LogP contribution in [-0.4, -0.2) is 37.1 Å². The van der Waals surface area contributed by atoms with Gasteiger partial charge in [-0.2, -0.15) is 11.8 Å². The lowest BCUT2D eigenvalue weighted by Crippen LogP contribution is -2.33. The quantitative estimate of drug-likeness (QED) is 0.746. The van der Waals surface area contributed by atoms with Gasteiger partial charge in [-0.15, -0.1) is 0 Å². The number of rotatable bonds is 4. The van der Waals surface area contributed by atoms with E-state index >= 15 is 0 Å². The van der Waals surface area contributed by atoms with Crippen molar-refractivity contribution in [1.82, 2.24) is 0 Å². The molecule has 3 nitrogen and oxygen atoms in total. The minimum absolute atomic E-state index is 0.174. The van der Waals surface area contributed by atoms with Crippen LogP contribution in [0.15, 0.2) is 0 Å². The van der Waals surface area contributed by atoms with Gasteiger partial charge in [-0.25, -0.2) is 0 Å². The van der Waals surface area contributed by atoms with Crippen LogP contribution in [0.2, 0.25) is 0 Å². The monoisotopic (exact) mass is 205 g/mol. The Labute approximate surface area is 84.3 Å². The van der Waals surface area contributed by atoms with Crippen LogP contribution in [0.3, 0.4) is 0 Å². The maximum atomic E-state index is 5.74. The molecule has 0 bridgehead atoms. The molecule has 4 heteroatoms. The molecule has 0 saturated carbocycles. The second-order valence-corrected chi connectivity index (χ2v) is 4.73. The standard InChI is InChI=1S/C9H19NO2S/c1-9(2)11-5-8(12-9)7(4-10)6-13-3/h7-8H,4-6,10H2,1-3H3/t7-,8-/m1/s1. The largest absolute Gasteiger partial charge is 0.348 e. The van der Waals surface area contributed by atoms with Crippen LogP contribution in [0.4, 0.5) is 0 Å². The van der Waals surface area contributed by atoms with E-state index in [1.807, 2.05) is 13.8 Å². The summed E-state index contributed by atoms with van der Waals surface area (Å²) in [4.78, 5) is 0. The summed E-state index contributed by atoms with van der Waals surface area (Å²) in [6.07, 6.45) is 2.26. The molecule has 0 amide bonds. The van der Waals surface area contributed by atoms with Crippen molar-refractivity contribution < 1.29 is 9.47 Å². The Bertz CT molecular complexity index is 164. The first-order chi connectivity index (χ1) is 6.09. The van der Waals surface area contributed by atoms with Crippen molar-refractivity contribution in [3.05, 3.63) is 0 Å². The number of ether oxygens (including phenoxy) is 2. The van der Waals surface area contributed by atoms with Crippen LogP contribution >= 0.6 is 11.8 Å². The fourth-order valence-corrected chi connectivity index (χ4v) is 2.27. The van der Waals surface area contributed by atoms with E-state index < -0.39 is 5.79 Å². The van der Waals surface area contributed by atoms with Gasteiger partial charge in [-0.1, -0.05) is 0 Å². The molecule has 1 saturated heterocycles.